The van der Waals surface area contributed by atoms with Crippen LogP contribution in [0.4, 0.5) is 4.79 Å². The van der Waals surface area contributed by atoms with E-state index in [9.17, 15) is 4.79 Å². The van der Waals surface area contributed by atoms with Gasteiger partial charge in [0.25, 0.3) is 0 Å². The maximum Gasteiger partial charge on any atom is 0.409 e. The highest BCUT2D eigenvalue weighted by Crippen LogP contribution is 2.06. The molecule has 0 spiro atoms. The van der Waals surface area contributed by atoms with Crippen LogP contribution in [0.1, 0.15) is 6.92 Å². The molecule has 0 unspecified atom stereocenters. The highest BCUT2D eigenvalue weighted by atomic mass is 127. The van der Waals surface area contributed by atoms with Crippen LogP contribution in [0.15, 0.2) is 29.5 Å². The Labute approximate surface area is 165 Å². The van der Waals surface area contributed by atoms with Gasteiger partial charge in [0.05, 0.1) is 19.3 Å². The number of hydrogen-bond donors (Lipinski definition) is 1. The van der Waals surface area contributed by atoms with Gasteiger partial charge in [-0.25, -0.2) is 4.79 Å². The van der Waals surface area contributed by atoms with Crippen molar-refractivity contribution in [2.75, 3.05) is 53.0 Å². The molecule has 2 rings (SSSR count). The third-order valence-corrected chi connectivity index (χ3v) is 3.61. The van der Waals surface area contributed by atoms with Gasteiger partial charge in [-0.2, -0.15) is 0 Å². The minimum atomic E-state index is -0.245. The first-order valence-electron chi connectivity index (χ1n) is 8.14. The molecule has 0 saturated carbocycles. The predicted octanol–water partition coefficient (Wildman–Crippen LogP) is 1.43. The maximum absolute atomic E-state index is 11.7. The Balaban J connectivity index is 0.00000312. The Bertz CT molecular complexity index is 536. The van der Waals surface area contributed by atoms with Gasteiger partial charge in [-0.3, -0.25) is 9.98 Å². The van der Waals surface area contributed by atoms with E-state index < -0.39 is 0 Å². The zero-order chi connectivity index (χ0) is 17.2. The fourth-order valence-corrected chi connectivity index (χ4v) is 2.41. The summed E-state index contributed by atoms with van der Waals surface area (Å²) < 4.78 is 10.6. The number of nitrogens with zero attached hydrogens (tertiary/aromatic N) is 4. The van der Waals surface area contributed by atoms with E-state index in [1.54, 1.807) is 24.3 Å². The topological polar surface area (TPSA) is 79.3 Å². The van der Waals surface area contributed by atoms with E-state index in [0.29, 0.717) is 32.8 Å². The van der Waals surface area contributed by atoms with E-state index in [0.717, 1.165) is 24.8 Å². The summed E-state index contributed by atoms with van der Waals surface area (Å²) in [7, 11) is 1.75. The lowest BCUT2D eigenvalue weighted by Crippen LogP contribution is -2.54. The molecule has 1 aliphatic rings. The average Bonchev–Trinajstić information content (AvgIpc) is 2.63. The number of guanidine groups is 1. The van der Waals surface area contributed by atoms with Crippen molar-refractivity contribution in [3.8, 4) is 5.75 Å². The number of carbonyl (C=O) groups excluding carboxylic acids is 1. The van der Waals surface area contributed by atoms with Crippen molar-refractivity contribution in [3.63, 3.8) is 0 Å². The van der Waals surface area contributed by atoms with Crippen LogP contribution in [-0.4, -0.2) is 79.8 Å². The number of nitrogens with one attached hydrogen (secondary N) is 1. The molecule has 1 amide bonds. The molecular formula is C16H26IN5O3. The zero-order valence-corrected chi connectivity index (χ0v) is 17.0. The number of ether oxygens (including phenoxy) is 2. The number of aromatic nitrogens is 1. The summed E-state index contributed by atoms with van der Waals surface area (Å²) in [5.41, 5.74) is 0. The fraction of sp³-hybridized carbons (Fsp3) is 0.562. The summed E-state index contributed by atoms with van der Waals surface area (Å²) in [5.74, 6) is 1.56. The summed E-state index contributed by atoms with van der Waals surface area (Å²) in [4.78, 5) is 23.8. The summed E-state index contributed by atoms with van der Waals surface area (Å²) >= 11 is 0. The number of amides is 1. The Hall–Kier alpha value is -1.78. The van der Waals surface area contributed by atoms with Crippen LogP contribution in [0.25, 0.3) is 0 Å². The third kappa shape index (κ3) is 6.92. The van der Waals surface area contributed by atoms with Gasteiger partial charge in [-0.15, -0.1) is 24.0 Å². The first-order chi connectivity index (χ1) is 11.7. The van der Waals surface area contributed by atoms with Crippen molar-refractivity contribution in [2.45, 2.75) is 6.92 Å². The molecule has 1 aromatic rings. The minimum absolute atomic E-state index is 0. The van der Waals surface area contributed by atoms with Gasteiger partial charge in [0.1, 0.15) is 12.4 Å². The molecule has 1 saturated heterocycles. The van der Waals surface area contributed by atoms with Crippen LogP contribution in [0.5, 0.6) is 5.75 Å². The van der Waals surface area contributed by atoms with Crippen LogP contribution in [0.2, 0.25) is 0 Å². The van der Waals surface area contributed by atoms with Crippen LogP contribution in [-0.2, 0) is 4.74 Å². The molecule has 0 radical (unpaired) electrons. The third-order valence-electron chi connectivity index (χ3n) is 3.61. The monoisotopic (exact) mass is 463 g/mol. The number of hydrogen-bond acceptors (Lipinski definition) is 5. The van der Waals surface area contributed by atoms with Crippen LogP contribution in [0.3, 0.4) is 0 Å². The number of rotatable bonds is 5. The van der Waals surface area contributed by atoms with Crippen molar-refractivity contribution in [1.82, 2.24) is 20.1 Å². The molecule has 0 bridgehead atoms. The second-order valence-corrected chi connectivity index (χ2v) is 5.18. The quantitative estimate of drug-likeness (QED) is 0.308. The molecule has 1 fully saturated rings. The molecule has 1 aromatic heterocycles. The molecule has 1 aliphatic heterocycles. The highest BCUT2D eigenvalue weighted by Gasteiger charge is 2.23. The van der Waals surface area contributed by atoms with Gasteiger partial charge in [-0.1, -0.05) is 0 Å². The molecule has 1 N–H and O–H groups in total. The van der Waals surface area contributed by atoms with Gasteiger partial charge >= 0.3 is 6.09 Å². The Morgan fingerprint density at radius 3 is 2.64 bits per heavy atom. The van der Waals surface area contributed by atoms with E-state index in [1.807, 2.05) is 19.1 Å². The number of piperazine rings is 1. The van der Waals surface area contributed by atoms with E-state index in [1.165, 1.54) is 0 Å². The van der Waals surface area contributed by atoms with Gasteiger partial charge in [0.2, 0.25) is 0 Å². The van der Waals surface area contributed by atoms with E-state index in [2.05, 4.69) is 20.2 Å². The SMILES string of the molecule is CCOC(=O)N1CCN(C(=NC)NCCOc2cccnc2)CC1.I. The lowest BCUT2D eigenvalue weighted by molar-refractivity contribution is 0.0914. The standard InChI is InChI=1S/C16H25N5O3.HI/c1-3-23-16(22)21-10-8-20(9-11-21)15(17-2)19-7-12-24-14-5-4-6-18-13-14;/h4-6,13H,3,7-12H2,1-2H3,(H,17,19);1H. The van der Waals surface area contributed by atoms with Crippen LogP contribution in [0, 0.1) is 0 Å². The first-order valence-corrected chi connectivity index (χ1v) is 8.14. The Morgan fingerprint density at radius 1 is 1.32 bits per heavy atom. The maximum atomic E-state index is 11.7. The van der Waals surface area contributed by atoms with Gasteiger partial charge in [0, 0.05) is 39.4 Å². The van der Waals surface area contributed by atoms with Crippen molar-refractivity contribution in [2.24, 2.45) is 4.99 Å². The summed E-state index contributed by atoms with van der Waals surface area (Å²) in [5, 5.41) is 3.27. The van der Waals surface area contributed by atoms with Crippen LogP contribution >= 0.6 is 24.0 Å². The molecular weight excluding hydrogens is 437 g/mol. The molecule has 0 aromatic carbocycles. The van der Waals surface area contributed by atoms with Crippen molar-refractivity contribution in [3.05, 3.63) is 24.5 Å². The smallest absolute Gasteiger partial charge is 0.409 e. The number of halogens is 1. The Kier molecular flexibility index (Phi) is 9.97. The molecule has 25 heavy (non-hydrogen) atoms. The predicted molar refractivity (Wildman–Crippen MR) is 107 cm³/mol. The molecule has 8 nitrogen and oxygen atoms in total. The van der Waals surface area contributed by atoms with Crippen molar-refractivity contribution < 1.29 is 14.3 Å². The van der Waals surface area contributed by atoms with Crippen LogP contribution < -0.4 is 10.1 Å². The first kappa shape index (κ1) is 21.3. The van der Waals surface area contributed by atoms with Crippen molar-refractivity contribution >= 4 is 36.0 Å². The van der Waals surface area contributed by atoms with E-state index >= 15 is 0 Å². The molecule has 140 valence electrons. The van der Waals surface area contributed by atoms with Gasteiger partial charge in [-0.05, 0) is 19.1 Å². The number of pyridine rings is 1. The lowest BCUT2D eigenvalue weighted by Gasteiger charge is -2.35. The second-order valence-electron chi connectivity index (χ2n) is 5.18. The van der Waals surface area contributed by atoms with E-state index in [-0.39, 0.29) is 30.1 Å². The number of carbonyl (C=O) groups is 1. The Morgan fingerprint density at radius 2 is 2.04 bits per heavy atom. The van der Waals surface area contributed by atoms with Gasteiger partial charge in [0.15, 0.2) is 5.96 Å². The average molecular weight is 463 g/mol. The fourth-order valence-electron chi connectivity index (χ4n) is 2.41. The molecule has 0 aliphatic carbocycles. The van der Waals surface area contributed by atoms with E-state index in [4.69, 9.17) is 9.47 Å². The largest absolute Gasteiger partial charge is 0.490 e. The summed E-state index contributed by atoms with van der Waals surface area (Å²) in [6, 6.07) is 3.71. The zero-order valence-electron chi connectivity index (χ0n) is 14.7. The minimum Gasteiger partial charge on any atom is -0.490 e. The summed E-state index contributed by atoms with van der Waals surface area (Å²) in [6.45, 7) is 6.08. The van der Waals surface area contributed by atoms with Crippen molar-refractivity contribution in [1.29, 1.82) is 0 Å². The molecule has 9 heteroatoms. The normalized spacial score (nSPS) is 14.6. The second kappa shape index (κ2) is 11.7. The number of aliphatic imine (C=N–C) groups is 1. The van der Waals surface area contributed by atoms with Gasteiger partial charge < -0.3 is 24.6 Å². The summed E-state index contributed by atoms with van der Waals surface area (Å²) in [6.07, 6.45) is 3.15. The highest BCUT2D eigenvalue weighted by molar-refractivity contribution is 14.0. The molecule has 0 atom stereocenters. The molecule has 2 heterocycles. The lowest BCUT2D eigenvalue weighted by atomic mass is 10.3.